The van der Waals surface area contributed by atoms with Crippen molar-refractivity contribution in [2.24, 2.45) is 4.99 Å². The topological polar surface area (TPSA) is 109 Å². The van der Waals surface area contributed by atoms with Crippen LogP contribution in [0.3, 0.4) is 0 Å². The van der Waals surface area contributed by atoms with Crippen molar-refractivity contribution in [1.29, 1.82) is 0 Å². The Balaban J connectivity index is 0.00000300. The lowest BCUT2D eigenvalue weighted by Crippen LogP contribution is -2.38. The lowest BCUT2D eigenvalue weighted by molar-refractivity contribution is -0.127. The summed E-state index contributed by atoms with van der Waals surface area (Å²) in [5, 5.41) is 10.5. The van der Waals surface area contributed by atoms with Crippen LogP contribution in [0.5, 0.6) is 0 Å². The van der Waals surface area contributed by atoms with E-state index in [0.717, 1.165) is 38.4 Å². The fourth-order valence-electron chi connectivity index (χ4n) is 2.98. The van der Waals surface area contributed by atoms with Gasteiger partial charge in [-0.3, -0.25) is 14.8 Å². The van der Waals surface area contributed by atoms with Crippen LogP contribution in [0.1, 0.15) is 32.0 Å². The van der Waals surface area contributed by atoms with Crippen LogP contribution in [0.4, 0.5) is 0 Å². The summed E-state index contributed by atoms with van der Waals surface area (Å²) in [5.74, 6) is 2.06. The molecule has 2 N–H and O–H groups in total. The molecule has 2 aromatic rings. The number of rotatable bonds is 9. The Kier molecular flexibility index (Phi) is 9.81. The first-order valence-corrected chi connectivity index (χ1v) is 9.80. The molecule has 0 radical (unpaired) electrons. The minimum Gasteiger partial charge on any atom is -0.357 e. The molecule has 0 atom stereocenters. The molecule has 0 bridgehead atoms. The maximum Gasteiger partial charge on any atom is 0.276 e. The first kappa shape index (κ1) is 23.0. The van der Waals surface area contributed by atoms with E-state index in [1.807, 2.05) is 30.0 Å². The second-order valence-electron chi connectivity index (χ2n) is 6.51. The Morgan fingerprint density at radius 2 is 2.24 bits per heavy atom. The first-order valence-electron chi connectivity index (χ1n) is 9.80. The number of likely N-dealkylation sites (tertiary alicyclic amines) is 1. The molecule has 0 spiro atoms. The number of nitrogens with zero attached hydrogens (tertiary/aromatic N) is 5. The first-order chi connectivity index (χ1) is 13.8. The molecule has 1 fully saturated rings. The van der Waals surface area contributed by atoms with Crippen LogP contribution in [0.15, 0.2) is 33.9 Å². The smallest absolute Gasteiger partial charge is 0.276 e. The molecule has 158 valence electrons. The third-order valence-electron chi connectivity index (χ3n) is 4.36. The van der Waals surface area contributed by atoms with Crippen LogP contribution >= 0.6 is 24.0 Å². The summed E-state index contributed by atoms with van der Waals surface area (Å²) in [6.45, 7) is 5.77. The number of hydrogen-bond acceptors (Lipinski definition) is 6. The molecule has 0 aliphatic carbocycles. The van der Waals surface area contributed by atoms with Gasteiger partial charge in [-0.2, -0.15) is 4.98 Å². The zero-order valence-corrected chi connectivity index (χ0v) is 19.0. The standard InChI is InChI=1S/C19H27N7O2.HI/c1-2-20-19(22-11-6-14-26-13-5-8-17(26)27)23-12-9-16-24-18(28-25-16)15-7-3-4-10-21-15;/h3-4,7,10H,2,5-6,8-9,11-14H2,1H3,(H2,20,22,23);1H. The molecule has 0 aromatic carbocycles. The normalized spacial score (nSPS) is 14.0. The molecule has 3 rings (SSSR count). The summed E-state index contributed by atoms with van der Waals surface area (Å²) in [7, 11) is 0. The average Bonchev–Trinajstić information content (AvgIpc) is 3.35. The Morgan fingerprint density at radius 1 is 1.34 bits per heavy atom. The van der Waals surface area contributed by atoms with E-state index in [9.17, 15) is 4.79 Å². The summed E-state index contributed by atoms with van der Waals surface area (Å²) in [5.41, 5.74) is 0.667. The molecule has 0 unspecified atom stereocenters. The number of pyridine rings is 1. The van der Waals surface area contributed by atoms with Crippen LogP contribution in [-0.4, -0.2) is 64.6 Å². The largest absolute Gasteiger partial charge is 0.357 e. The third-order valence-corrected chi connectivity index (χ3v) is 4.36. The molecule has 1 amide bonds. The minimum absolute atomic E-state index is 0. The molecule has 10 heteroatoms. The lowest BCUT2D eigenvalue weighted by Gasteiger charge is -2.15. The molecule has 1 aliphatic rings. The van der Waals surface area contributed by atoms with E-state index in [0.29, 0.717) is 43.3 Å². The number of hydrogen-bond donors (Lipinski definition) is 2. The highest BCUT2D eigenvalue weighted by Gasteiger charge is 2.18. The van der Waals surface area contributed by atoms with Gasteiger partial charge in [0.05, 0.1) is 0 Å². The molecule has 0 saturated carbocycles. The van der Waals surface area contributed by atoms with Crippen molar-refractivity contribution in [2.45, 2.75) is 32.6 Å². The van der Waals surface area contributed by atoms with Gasteiger partial charge in [-0.15, -0.1) is 24.0 Å². The highest BCUT2D eigenvalue weighted by Crippen LogP contribution is 2.13. The van der Waals surface area contributed by atoms with E-state index < -0.39 is 0 Å². The molecular formula is C19H28IN7O2. The summed E-state index contributed by atoms with van der Waals surface area (Å²) in [6, 6.07) is 5.56. The third kappa shape index (κ3) is 7.26. The summed E-state index contributed by atoms with van der Waals surface area (Å²) < 4.78 is 5.26. The maximum absolute atomic E-state index is 11.6. The van der Waals surface area contributed by atoms with Gasteiger partial charge in [-0.1, -0.05) is 11.2 Å². The van der Waals surface area contributed by atoms with Gasteiger partial charge in [0.1, 0.15) is 5.69 Å². The van der Waals surface area contributed by atoms with E-state index in [4.69, 9.17) is 4.52 Å². The van der Waals surface area contributed by atoms with Gasteiger partial charge in [0.2, 0.25) is 5.91 Å². The zero-order chi connectivity index (χ0) is 19.6. The number of nitrogens with one attached hydrogen (secondary N) is 2. The van der Waals surface area contributed by atoms with Crippen LogP contribution in [0, 0.1) is 0 Å². The van der Waals surface area contributed by atoms with E-state index in [1.54, 1.807) is 6.20 Å². The highest BCUT2D eigenvalue weighted by atomic mass is 127. The predicted octanol–water partition coefficient (Wildman–Crippen LogP) is 1.86. The zero-order valence-electron chi connectivity index (χ0n) is 16.6. The number of carbonyl (C=O) groups excluding carboxylic acids is 1. The monoisotopic (exact) mass is 513 g/mol. The highest BCUT2D eigenvalue weighted by molar-refractivity contribution is 14.0. The fraction of sp³-hybridized carbons (Fsp3) is 0.526. The van der Waals surface area contributed by atoms with Gasteiger partial charge in [0, 0.05) is 51.8 Å². The number of amides is 1. The van der Waals surface area contributed by atoms with E-state index in [2.05, 4.69) is 30.8 Å². The van der Waals surface area contributed by atoms with Crippen LogP contribution < -0.4 is 10.6 Å². The fourth-order valence-corrected chi connectivity index (χ4v) is 2.98. The number of aliphatic imine (C=N–C) groups is 1. The van der Waals surface area contributed by atoms with Crippen molar-refractivity contribution >= 4 is 35.8 Å². The van der Waals surface area contributed by atoms with Crippen LogP contribution in [-0.2, 0) is 11.2 Å². The average molecular weight is 513 g/mol. The molecular weight excluding hydrogens is 485 g/mol. The number of guanidine groups is 1. The number of aromatic nitrogens is 3. The van der Waals surface area contributed by atoms with Crippen molar-refractivity contribution in [3.8, 4) is 11.6 Å². The van der Waals surface area contributed by atoms with Gasteiger partial charge >= 0.3 is 0 Å². The van der Waals surface area contributed by atoms with Gasteiger partial charge in [0.15, 0.2) is 11.8 Å². The van der Waals surface area contributed by atoms with Gasteiger partial charge in [0.25, 0.3) is 5.89 Å². The van der Waals surface area contributed by atoms with Crippen molar-refractivity contribution in [1.82, 2.24) is 30.7 Å². The minimum atomic E-state index is 0. The maximum atomic E-state index is 11.6. The van der Waals surface area contributed by atoms with Gasteiger partial charge < -0.3 is 20.1 Å². The quantitative estimate of drug-likeness (QED) is 0.228. The molecule has 1 saturated heterocycles. The van der Waals surface area contributed by atoms with Crippen molar-refractivity contribution in [3.63, 3.8) is 0 Å². The molecule has 2 aromatic heterocycles. The molecule has 3 heterocycles. The SMILES string of the molecule is CCNC(=NCCCN1CCCC1=O)NCCc1noc(-c2ccccn2)n1.I. The second-order valence-corrected chi connectivity index (χ2v) is 6.51. The van der Waals surface area contributed by atoms with Crippen molar-refractivity contribution in [3.05, 3.63) is 30.2 Å². The second kappa shape index (κ2) is 12.3. The molecule has 29 heavy (non-hydrogen) atoms. The summed E-state index contributed by atoms with van der Waals surface area (Å²) in [4.78, 5) is 26.7. The number of carbonyl (C=O) groups is 1. The Morgan fingerprint density at radius 3 is 2.97 bits per heavy atom. The van der Waals surface area contributed by atoms with Crippen molar-refractivity contribution in [2.75, 3.05) is 32.7 Å². The Hall–Kier alpha value is -2.24. The van der Waals surface area contributed by atoms with E-state index >= 15 is 0 Å². The molecule has 9 nitrogen and oxygen atoms in total. The van der Waals surface area contributed by atoms with E-state index in [-0.39, 0.29) is 29.9 Å². The summed E-state index contributed by atoms with van der Waals surface area (Å²) >= 11 is 0. The van der Waals surface area contributed by atoms with Gasteiger partial charge in [-0.05, 0) is 31.9 Å². The molecule has 1 aliphatic heterocycles. The lowest BCUT2D eigenvalue weighted by atomic mass is 10.3. The Labute approximate surface area is 187 Å². The van der Waals surface area contributed by atoms with Gasteiger partial charge in [-0.25, -0.2) is 0 Å². The summed E-state index contributed by atoms with van der Waals surface area (Å²) in [6.07, 6.45) is 4.83. The predicted molar refractivity (Wildman–Crippen MR) is 121 cm³/mol. The Bertz CT molecular complexity index is 782. The van der Waals surface area contributed by atoms with Crippen molar-refractivity contribution < 1.29 is 9.32 Å². The van der Waals surface area contributed by atoms with E-state index in [1.165, 1.54) is 0 Å². The van der Waals surface area contributed by atoms with Crippen LogP contribution in [0.2, 0.25) is 0 Å². The van der Waals surface area contributed by atoms with Crippen LogP contribution in [0.25, 0.3) is 11.6 Å². The number of halogens is 1.